The maximum absolute atomic E-state index is 8.99. The predicted molar refractivity (Wildman–Crippen MR) is 63.5 cm³/mol. The van der Waals surface area contributed by atoms with Gasteiger partial charge in [-0.15, -0.1) is 0 Å². The van der Waals surface area contributed by atoms with Crippen molar-refractivity contribution < 1.29 is 4.74 Å². The normalized spacial score (nSPS) is 9.88. The zero-order valence-electron chi connectivity index (χ0n) is 10.0. The zero-order chi connectivity index (χ0) is 12.0. The molecule has 0 radical (unpaired) electrons. The van der Waals surface area contributed by atoms with Gasteiger partial charge in [0.1, 0.15) is 11.9 Å². The highest BCUT2D eigenvalue weighted by Crippen LogP contribution is 2.16. The van der Waals surface area contributed by atoms with Crippen molar-refractivity contribution in [2.45, 2.75) is 13.3 Å². The van der Waals surface area contributed by atoms with E-state index >= 15 is 0 Å². The molecule has 0 aliphatic rings. The quantitative estimate of drug-likeness (QED) is 0.708. The molecular formula is C12H17N3O. The minimum absolute atomic E-state index is 0.616. The summed E-state index contributed by atoms with van der Waals surface area (Å²) in [6, 6.07) is 5.82. The molecule has 0 saturated heterocycles. The van der Waals surface area contributed by atoms with Crippen molar-refractivity contribution in [1.29, 1.82) is 5.26 Å². The van der Waals surface area contributed by atoms with Crippen LogP contribution in [0.25, 0.3) is 0 Å². The number of rotatable bonds is 5. The van der Waals surface area contributed by atoms with E-state index in [2.05, 4.69) is 11.1 Å². The van der Waals surface area contributed by atoms with Gasteiger partial charge in [-0.25, -0.2) is 4.98 Å². The van der Waals surface area contributed by atoms with Gasteiger partial charge in [0.2, 0.25) is 0 Å². The number of hydrogen-bond acceptors (Lipinski definition) is 4. The fourth-order valence-corrected chi connectivity index (χ4v) is 1.47. The number of aryl methyl sites for hydroxylation is 1. The van der Waals surface area contributed by atoms with Crippen LogP contribution in [0.3, 0.4) is 0 Å². The highest BCUT2D eigenvalue weighted by Gasteiger charge is 2.08. The van der Waals surface area contributed by atoms with Crippen LogP contribution in [0.15, 0.2) is 12.1 Å². The number of aromatic nitrogens is 1. The molecule has 0 aliphatic carbocycles. The molecule has 0 fully saturated rings. The third-order valence-electron chi connectivity index (χ3n) is 2.34. The molecule has 0 aliphatic heterocycles. The van der Waals surface area contributed by atoms with Crippen molar-refractivity contribution in [2.24, 2.45) is 0 Å². The molecular weight excluding hydrogens is 202 g/mol. The SMILES string of the molecule is COCCCN(C)c1nc(C)ccc1C#N. The molecule has 0 saturated carbocycles. The highest BCUT2D eigenvalue weighted by molar-refractivity contribution is 5.53. The first-order valence-electron chi connectivity index (χ1n) is 5.27. The molecule has 4 heteroatoms. The summed E-state index contributed by atoms with van der Waals surface area (Å²) in [6.45, 7) is 3.48. The van der Waals surface area contributed by atoms with Crippen LogP contribution in [0.5, 0.6) is 0 Å². The monoisotopic (exact) mass is 219 g/mol. The predicted octanol–water partition coefficient (Wildman–Crippen LogP) is 1.73. The van der Waals surface area contributed by atoms with Crippen LogP contribution in [0, 0.1) is 18.3 Å². The first-order chi connectivity index (χ1) is 7.69. The Kier molecular flexibility index (Phi) is 4.74. The first kappa shape index (κ1) is 12.5. The van der Waals surface area contributed by atoms with Crippen LogP contribution in [0.4, 0.5) is 5.82 Å². The lowest BCUT2D eigenvalue weighted by Gasteiger charge is -2.19. The van der Waals surface area contributed by atoms with Crippen molar-refractivity contribution in [1.82, 2.24) is 4.98 Å². The Morgan fingerprint density at radius 3 is 2.88 bits per heavy atom. The molecule has 16 heavy (non-hydrogen) atoms. The van der Waals surface area contributed by atoms with Gasteiger partial charge in [-0.2, -0.15) is 5.26 Å². The van der Waals surface area contributed by atoms with E-state index in [9.17, 15) is 0 Å². The van der Waals surface area contributed by atoms with E-state index in [-0.39, 0.29) is 0 Å². The summed E-state index contributed by atoms with van der Waals surface area (Å²) >= 11 is 0. The van der Waals surface area contributed by atoms with Gasteiger partial charge in [-0.05, 0) is 25.5 Å². The number of methoxy groups -OCH3 is 1. The van der Waals surface area contributed by atoms with E-state index in [1.807, 2.05) is 31.0 Å². The van der Waals surface area contributed by atoms with Crippen molar-refractivity contribution in [3.05, 3.63) is 23.4 Å². The van der Waals surface area contributed by atoms with Gasteiger partial charge in [-0.3, -0.25) is 0 Å². The summed E-state index contributed by atoms with van der Waals surface area (Å²) in [6.07, 6.45) is 0.924. The first-order valence-corrected chi connectivity index (χ1v) is 5.27. The van der Waals surface area contributed by atoms with Crippen LogP contribution in [-0.2, 0) is 4.74 Å². The van der Waals surface area contributed by atoms with Gasteiger partial charge in [0, 0.05) is 33.0 Å². The van der Waals surface area contributed by atoms with E-state index in [1.165, 1.54) is 0 Å². The second-order valence-electron chi connectivity index (χ2n) is 3.70. The highest BCUT2D eigenvalue weighted by atomic mass is 16.5. The lowest BCUT2D eigenvalue weighted by atomic mass is 10.2. The summed E-state index contributed by atoms with van der Waals surface area (Å²) < 4.78 is 5.00. The van der Waals surface area contributed by atoms with Crippen LogP contribution in [-0.4, -0.2) is 32.3 Å². The van der Waals surface area contributed by atoms with Crippen LogP contribution < -0.4 is 4.90 Å². The zero-order valence-corrected chi connectivity index (χ0v) is 10.0. The second kappa shape index (κ2) is 6.09. The number of pyridine rings is 1. The van der Waals surface area contributed by atoms with E-state index < -0.39 is 0 Å². The molecule has 86 valence electrons. The van der Waals surface area contributed by atoms with Gasteiger partial charge in [0.15, 0.2) is 0 Å². The van der Waals surface area contributed by atoms with E-state index in [1.54, 1.807) is 7.11 Å². The van der Waals surface area contributed by atoms with Gasteiger partial charge in [0.05, 0.1) is 5.56 Å². The molecule has 0 spiro atoms. The molecule has 0 unspecified atom stereocenters. The van der Waals surface area contributed by atoms with Crippen molar-refractivity contribution in [3.8, 4) is 6.07 Å². The van der Waals surface area contributed by atoms with E-state index in [0.717, 1.165) is 31.1 Å². The van der Waals surface area contributed by atoms with E-state index in [4.69, 9.17) is 10.00 Å². The van der Waals surface area contributed by atoms with Crippen molar-refractivity contribution in [3.63, 3.8) is 0 Å². The Balaban J connectivity index is 2.77. The number of hydrogen-bond donors (Lipinski definition) is 0. The third kappa shape index (κ3) is 3.21. The Morgan fingerprint density at radius 1 is 1.50 bits per heavy atom. The molecule has 0 amide bonds. The summed E-state index contributed by atoms with van der Waals surface area (Å²) in [5.41, 5.74) is 1.54. The minimum Gasteiger partial charge on any atom is -0.385 e. The molecule has 1 aromatic rings. The Hall–Kier alpha value is -1.60. The van der Waals surface area contributed by atoms with Crippen molar-refractivity contribution >= 4 is 5.82 Å². The van der Waals surface area contributed by atoms with Gasteiger partial charge < -0.3 is 9.64 Å². The van der Waals surface area contributed by atoms with Crippen LogP contribution in [0.1, 0.15) is 17.7 Å². The molecule has 0 atom stereocenters. The van der Waals surface area contributed by atoms with Gasteiger partial charge in [0.25, 0.3) is 0 Å². The molecule has 0 aromatic carbocycles. The second-order valence-corrected chi connectivity index (χ2v) is 3.70. The minimum atomic E-state index is 0.616. The van der Waals surface area contributed by atoms with Gasteiger partial charge in [-0.1, -0.05) is 0 Å². The summed E-state index contributed by atoms with van der Waals surface area (Å²) in [7, 11) is 3.63. The molecule has 1 rings (SSSR count). The number of nitrogens with zero attached hydrogens (tertiary/aromatic N) is 3. The lowest BCUT2D eigenvalue weighted by Crippen LogP contribution is -2.22. The largest absolute Gasteiger partial charge is 0.385 e. The van der Waals surface area contributed by atoms with Crippen LogP contribution >= 0.6 is 0 Å². The lowest BCUT2D eigenvalue weighted by molar-refractivity contribution is 0.196. The standard InChI is InChI=1S/C12H17N3O/c1-10-5-6-11(9-13)12(14-10)15(2)7-4-8-16-3/h5-6H,4,7-8H2,1-3H3. The van der Waals surface area contributed by atoms with Gasteiger partial charge >= 0.3 is 0 Å². The van der Waals surface area contributed by atoms with E-state index in [0.29, 0.717) is 5.56 Å². The topological polar surface area (TPSA) is 49.1 Å². The molecule has 0 bridgehead atoms. The fourth-order valence-electron chi connectivity index (χ4n) is 1.47. The maximum Gasteiger partial charge on any atom is 0.146 e. The average molecular weight is 219 g/mol. The number of anilines is 1. The van der Waals surface area contributed by atoms with Crippen molar-refractivity contribution in [2.75, 3.05) is 32.2 Å². The molecule has 4 nitrogen and oxygen atoms in total. The average Bonchev–Trinajstić information content (AvgIpc) is 2.29. The maximum atomic E-state index is 8.99. The number of ether oxygens (including phenoxy) is 1. The third-order valence-corrected chi connectivity index (χ3v) is 2.34. The summed E-state index contributed by atoms with van der Waals surface area (Å²) in [4.78, 5) is 6.38. The Morgan fingerprint density at radius 2 is 2.25 bits per heavy atom. The molecule has 1 heterocycles. The summed E-state index contributed by atoms with van der Waals surface area (Å²) in [5.74, 6) is 0.749. The fraction of sp³-hybridized carbons (Fsp3) is 0.500. The molecule has 1 aromatic heterocycles. The smallest absolute Gasteiger partial charge is 0.146 e. The molecule has 0 N–H and O–H groups in total. The Bertz CT molecular complexity index is 384. The summed E-state index contributed by atoms with van der Waals surface area (Å²) in [5, 5.41) is 8.99. The van der Waals surface area contributed by atoms with Crippen LogP contribution in [0.2, 0.25) is 0 Å². The Labute approximate surface area is 96.5 Å². The number of nitriles is 1.